The molecule has 1 aromatic heterocycles. The number of nitrogens with one attached hydrogen (secondary N) is 1. The summed E-state index contributed by atoms with van der Waals surface area (Å²) in [7, 11) is 0. The molecular weight excluding hydrogens is 341 g/mol. The first-order chi connectivity index (χ1) is 12.1. The third kappa shape index (κ3) is 4.66. The summed E-state index contributed by atoms with van der Waals surface area (Å²) >= 11 is 1.33. The predicted octanol–water partition coefficient (Wildman–Crippen LogP) is 3.13. The Morgan fingerprint density at radius 2 is 2.24 bits per heavy atom. The quantitative estimate of drug-likeness (QED) is 0.874. The van der Waals surface area contributed by atoms with Gasteiger partial charge in [-0.15, -0.1) is 10.2 Å². The summed E-state index contributed by atoms with van der Waals surface area (Å²) in [6, 6.07) is 6.34. The first-order valence-electron chi connectivity index (χ1n) is 8.51. The minimum atomic E-state index is -0.268. The van der Waals surface area contributed by atoms with Crippen molar-refractivity contribution in [1.82, 2.24) is 20.4 Å². The Labute approximate surface area is 150 Å². The van der Waals surface area contributed by atoms with Crippen LogP contribution in [0.25, 0.3) is 0 Å². The van der Waals surface area contributed by atoms with Gasteiger partial charge in [-0.2, -0.15) is 0 Å². The van der Waals surface area contributed by atoms with Crippen molar-refractivity contribution in [2.75, 3.05) is 18.8 Å². The Morgan fingerprint density at radius 1 is 1.36 bits per heavy atom. The Morgan fingerprint density at radius 3 is 3.00 bits per heavy atom. The second-order valence-electron chi connectivity index (χ2n) is 6.13. The van der Waals surface area contributed by atoms with Crippen molar-refractivity contribution >= 4 is 22.5 Å². The molecule has 2 heterocycles. The number of urea groups is 1. The van der Waals surface area contributed by atoms with E-state index in [9.17, 15) is 9.18 Å². The zero-order chi connectivity index (χ0) is 17.6. The van der Waals surface area contributed by atoms with E-state index in [1.165, 1.54) is 23.5 Å². The summed E-state index contributed by atoms with van der Waals surface area (Å²) < 4.78 is 13.6. The largest absolute Gasteiger partial charge is 0.374 e. The number of likely N-dealkylation sites (tertiary alicyclic amines) is 1. The van der Waals surface area contributed by atoms with Crippen LogP contribution in [-0.4, -0.2) is 34.2 Å². The lowest BCUT2D eigenvalue weighted by molar-refractivity contribution is 0.176. The van der Waals surface area contributed by atoms with Crippen LogP contribution in [0.1, 0.15) is 42.3 Å². The summed E-state index contributed by atoms with van der Waals surface area (Å²) in [5.74, 6) is -0.268. The van der Waals surface area contributed by atoms with Gasteiger partial charge in [0.1, 0.15) is 10.8 Å². The maximum absolute atomic E-state index is 13.6. The predicted molar refractivity (Wildman–Crippen MR) is 95.7 cm³/mol. The van der Waals surface area contributed by atoms with E-state index >= 15 is 0 Å². The maximum Gasteiger partial charge on any atom is 0.317 e. The lowest BCUT2D eigenvalue weighted by atomic mass is 10.0. The molecule has 6 nitrogen and oxygen atoms in total. The summed E-state index contributed by atoms with van der Waals surface area (Å²) in [5.41, 5.74) is 6.41. The second kappa shape index (κ2) is 8.24. The van der Waals surface area contributed by atoms with Gasteiger partial charge in [0.2, 0.25) is 5.13 Å². The number of halogens is 1. The van der Waals surface area contributed by atoms with Crippen molar-refractivity contribution in [3.63, 3.8) is 0 Å². The van der Waals surface area contributed by atoms with E-state index in [-0.39, 0.29) is 17.9 Å². The van der Waals surface area contributed by atoms with Crippen LogP contribution in [0.15, 0.2) is 24.3 Å². The fourth-order valence-corrected chi connectivity index (χ4v) is 3.77. The molecule has 0 spiro atoms. The highest BCUT2D eigenvalue weighted by Gasteiger charge is 2.26. The molecule has 2 amide bonds. The molecule has 1 atom stereocenters. The molecule has 0 aliphatic carbocycles. The lowest BCUT2D eigenvalue weighted by Crippen LogP contribution is -2.42. The third-order valence-corrected chi connectivity index (χ3v) is 5.16. The lowest BCUT2D eigenvalue weighted by Gasteiger charge is -2.30. The van der Waals surface area contributed by atoms with Crippen LogP contribution in [-0.2, 0) is 6.42 Å². The van der Waals surface area contributed by atoms with Gasteiger partial charge < -0.3 is 16.0 Å². The number of anilines is 1. The number of nitrogens with zero attached hydrogens (tertiary/aromatic N) is 3. The zero-order valence-corrected chi connectivity index (χ0v) is 14.8. The number of carbonyl (C=O) groups excluding carboxylic acids is 1. The number of nitrogens with two attached hydrogens (primary N) is 1. The van der Waals surface area contributed by atoms with Crippen molar-refractivity contribution < 1.29 is 9.18 Å². The van der Waals surface area contributed by atoms with E-state index in [1.54, 1.807) is 6.07 Å². The van der Waals surface area contributed by atoms with Gasteiger partial charge >= 0.3 is 6.03 Å². The topological polar surface area (TPSA) is 84.1 Å². The van der Waals surface area contributed by atoms with Gasteiger partial charge in [-0.05, 0) is 30.5 Å². The fraction of sp³-hybridized carbons (Fsp3) is 0.471. The number of aromatic nitrogens is 2. The minimum absolute atomic E-state index is 0.0876. The van der Waals surface area contributed by atoms with Gasteiger partial charge in [0.05, 0.1) is 6.04 Å². The van der Waals surface area contributed by atoms with Crippen LogP contribution < -0.4 is 11.1 Å². The molecule has 134 valence electrons. The zero-order valence-electron chi connectivity index (χ0n) is 13.9. The molecule has 3 N–H and O–H groups in total. The van der Waals surface area contributed by atoms with Crippen LogP contribution in [0.3, 0.4) is 0 Å². The third-order valence-electron chi connectivity index (χ3n) is 4.34. The molecule has 0 bridgehead atoms. The molecule has 1 aliphatic heterocycles. The number of amides is 2. The van der Waals surface area contributed by atoms with E-state index in [1.807, 2.05) is 11.0 Å². The molecule has 0 unspecified atom stereocenters. The highest BCUT2D eigenvalue weighted by Crippen LogP contribution is 2.30. The van der Waals surface area contributed by atoms with Crippen molar-refractivity contribution in [1.29, 1.82) is 0 Å². The van der Waals surface area contributed by atoms with Crippen molar-refractivity contribution in [2.45, 2.75) is 38.1 Å². The number of benzene rings is 1. The SMILES string of the molecule is Nc1nnc(CCNC(=O)N2CCCCC[C@@H]2c2cccc(F)c2)s1. The van der Waals surface area contributed by atoms with Crippen molar-refractivity contribution in [2.24, 2.45) is 0 Å². The van der Waals surface area contributed by atoms with Gasteiger partial charge in [0.25, 0.3) is 0 Å². The first-order valence-corrected chi connectivity index (χ1v) is 9.33. The smallest absolute Gasteiger partial charge is 0.317 e. The normalized spacial score (nSPS) is 18.0. The maximum atomic E-state index is 13.6. The van der Waals surface area contributed by atoms with E-state index < -0.39 is 0 Å². The molecular formula is C17H22FN5OS. The molecule has 1 fully saturated rings. The molecule has 25 heavy (non-hydrogen) atoms. The monoisotopic (exact) mass is 363 g/mol. The Bertz CT molecular complexity index is 723. The van der Waals surface area contributed by atoms with Gasteiger partial charge in [-0.25, -0.2) is 9.18 Å². The molecule has 1 saturated heterocycles. The molecule has 1 aliphatic rings. The standard InChI is InChI=1S/C17H22FN5OS/c18-13-6-4-5-12(11-13)14-7-2-1-3-10-23(14)17(24)20-9-8-15-21-22-16(19)25-15/h4-6,11,14H,1-3,7-10H2,(H2,19,22)(H,20,24)/t14-/m1/s1. The Kier molecular flexibility index (Phi) is 5.80. The molecule has 2 aromatic rings. The van der Waals surface area contributed by atoms with Crippen molar-refractivity contribution in [3.05, 3.63) is 40.7 Å². The molecule has 1 aromatic carbocycles. The van der Waals surface area contributed by atoms with Gasteiger partial charge in [0, 0.05) is 19.5 Å². The van der Waals surface area contributed by atoms with Crippen LogP contribution >= 0.6 is 11.3 Å². The number of rotatable bonds is 4. The number of hydrogen-bond acceptors (Lipinski definition) is 5. The van der Waals surface area contributed by atoms with E-state index in [4.69, 9.17) is 5.73 Å². The molecule has 8 heteroatoms. The summed E-state index contributed by atoms with van der Waals surface area (Å²) in [6.45, 7) is 1.15. The molecule has 0 radical (unpaired) electrons. The van der Waals surface area contributed by atoms with E-state index in [2.05, 4.69) is 15.5 Å². The Balaban J connectivity index is 1.64. The van der Waals surface area contributed by atoms with Crippen molar-refractivity contribution in [3.8, 4) is 0 Å². The highest BCUT2D eigenvalue weighted by molar-refractivity contribution is 7.15. The van der Waals surface area contributed by atoms with Gasteiger partial charge in [0.15, 0.2) is 0 Å². The first kappa shape index (κ1) is 17.6. The number of nitrogen functional groups attached to an aromatic ring is 1. The summed E-state index contributed by atoms with van der Waals surface area (Å²) in [5, 5.41) is 11.9. The number of carbonyl (C=O) groups is 1. The van der Waals surface area contributed by atoms with Gasteiger partial charge in [-0.1, -0.05) is 36.3 Å². The average Bonchev–Trinajstić information content (AvgIpc) is 2.86. The fourth-order valence-electron chi connectivity index (χ4n) is 3.16. The van der Waals surface area contributed by atoms with Crippen LogP contribution in [0.5, 0.6) is 0 Å². The average molecular weight is 363 g/mol. The molecule has 3 rings (SSSR count). The Hall–Kier alpha value is -2.22. The van der Waals surface area contributed by atoms with Crippen LogP contribution in [0.2, 0.25) is 0 Å². The number of hydrogen-bond donors (Lipinski definition) is 2. The summed E-state index contributed by atoms with van der Waals surface area (Å²) in [4.78, 5) is 14.5. The second-order valence-corrected chi connectivity index (χ2v) is 7.22. The summed E-state index contributed by atoms with van der Waals surface area (Å²) in [6.07, 6.45) is 4.53. The van der Waals surface area contributed by atoms with Crippen LogP contribution in [0, 0.1) is 5.82 Å². The highest BCUT2D eigenvalue weighted by atomic mass is 32.1. The van der Waals surface area contributed by atoms with E-state index in [0.29, 0.717) is 24.6 Å². The minimum Gasteiger partial charge on any atom is -0.374 e. The van der Waals surface area contributed by atoms with Crippen LogP contribution in [0.4, 0.5) is 14.3 Å². The van der Waals surface area contributed by atoms with E-state index in [0.717, 1.165) is 36.3 Å². The molecule has 0 saturated carbocycles. The van der Waals surface area contributed by atoms with Gasteiger partial charge in [-0.3, -0.25) is 0 Å².